The molecular formula is C14H20N4O2. The molecule has 0 aromatic carbocycles. The number of aromatic nitrogens is 2. The molecule has 2 aliphatic rings. The first-order chi connectivity index (χ1) is 9.63. The van der Waals surface area contributed by atoms with Crippen LogP contribution in [0.25, 0.3) is 0 Å². The fourth-order valence-corrected chi connectivity index (χ4v) is 3.04. The Hall–Kier alpha value is -1.85. The van der Waals surface area contributed by atoms with Crippen LogP contribution in [0.15, 0.2) is 12.3 Å². The first kappa shape index (κ1) is 13.1. The fraction of sp³-hybridized carbons (Fsp3) is 0.643. The summed E-state index contributed by atoms with van der Waals surface area (Å²) in [5.74, 6) is -0.146. The lowest BCUT2D eigenvalue weighted by molar-refractivity contribution is -0.144. The molecule has 20 heavy (non-hydrogen) atoms. The molecule has 1 aromatic heterocycles. The van der Waals surface area contributed by atoms with Gasteiger partial charge in [0.25, 0.3) is 0 Å². The second-order valence-electron chi connectivity index (χ2n) is 5.71. The lowest BCUT2D eigenvalue weighted by Crippen LogP contribution is -2.56. The van der Waals surface area contributed by atoms with Crippen molar-refractivity contribution in [3.05, 3.63) is 18.0 Å². The van der Waals surface area contributed by atoms with Crippen molar-refractivity contribution in [3.63, 3.8) is 0 Å². The minimum Gasteiger partial charge on any atom is -0.343 e. The highest BCUT2D eigenvalue weighted by Crippen LogP contribution is 2.28. The minimum atomic E-state index is -0.437. The van der Waals surface area contributed by atoms with Crippen molar-refractivity contribution in [2.45, 2.75) is 51.2 Å². The third kappa shape index (κ3) is 2.55. The van der Waals surface area contributed by atoms with Gasteiger partial charge in [-0.15, -0.1) is 0 Å². The maximum atomic E-state index is 12.0. The van der Waals surface area contributed by atoms with Crippen molar-refractivity contribution < 1.29 is 9.59 Å². The van der Waals surface area contributed by atoms with E-state index in [0.717, 1.165) is 5.69 Å². The van der Waals surface area contributed by atoms with E-state index < -0.39 is 6.04 Å². The summed E-state index contributed by atoms with van der Waals surface area (Å²) < 4.78 is 2.01. The first-order valence-electron chi connectivity index (χ1n) is 7.25. The van der Waals surface area contributed by atoms with Gasteiger partial charge in [-0.3, -0.25) is 14.3 Å². The van der Waals surface area contributed by atoms with Gasteiger partial charge in [0.05, 0.1) is 18.3 Å². The molecule has 1 aliphatic heterocycles. The van der Waals surface area contributed by atoms with Gasteiger partial charge in [0.15, 0.2) is 0 Å². The van der Waals surface area contributed by atoms with Crippen LogP contribution in [0, 0.1) is 0 Å². The highest BCUT2D eigenvalue weighted by atomic mass is 16.2. The van der Waals surface area contributed by atoms with Crippen LogP contribution in [0.2, 0.25) is 0 Å². The molecule has 6 nitrogen and oxygen atoms in total. The summed E-state index contributed by atoms with van der Waals surface area (Å²) in [7, 11) is 0. The van der Waals surface area contributed by atoms with Gasteiger partial charge in [-0.2, -0.15) is 5.10 Å². The van der Waals surface area contributed by atoms with Crippen molar-refractivity contribution in [1.29, 1.82) is 0 Å². The Morgan fingerprint density at radius 1 is 1.35 bits per heavy atom. The molecule has 0 radical (unpaired) electrons. The molecule has 1 unspecified atom stereocenters. The summed E-state index contributed by atoms with van der Waals surface area (Å²) in [6.07, 6.45) is 6.89. The lowest BCUT2D eigenvalue weighted by Gasteiger charge is -2.30. The second kappa shape index (κ2) is 5.26. The SMILES string of the molecule is CC1NC(=O)CN(Cc2ccn(C3CCCC3)n2)C1=O. The Bertz CT molecular complexity index is 519. The molecule has 1 saturated heterocycles. The zero-order valence-corrected chi connectivity index (χ0v) is 11.7. The van der Waals surface area contributed by atoms with Crippen LogP contribution in [0.5, 0.6) is 0 Å². The normalized spacial score (nSPS) is 24.2. The van der Waals surface area contributed by atoms with Gasteiger partial charge in [0.1, 0.15) is 12.6 Å². The number of hydrogen-bond donors (Lipinski definition) is 1. The van der Waals surface area contributed by atoms with Crippen molar-refractivity contribution in [1.82, 2.24) is 20.0 Å². The molecule has 1 aliphatic carbocycles. The largest absolute Gasteiger partial charge is 0.343 e. The van der Waals surface area contributed by atoms with E-state index in [-0.39, 0.29) is 18.4 Å². The summed E-state index contributed by atoms with van der Waals surface area (Å²) in [5.41, 5.74) is 0.854. The van der Waals surface area contributed by atoms with Crippen LogP contribution in [-0.2, 0) is 16.1 Å². The standard InChI is InChI=1S/C14H20N4O2/c1-10-14(20)17(9-13(19)15-10)8-11-6-7-18(16-11)12-4-2-3-5-12/h6-7,10,12H,2-5,8-9H2,1H3,(H,15,19). The van der Waals surface area contributed by atoms with E-state index in [0.29, 0.717) is 12.6 Å². The summed E-state index contributed by atoms with van der Waals surface area (Å²) in [6.45, 7) is 2.25. The maximum Gasteiger partial charge on any atom is 0.245 e. The van der Waals surface area contributed by atoms with Crippen molar-refractivity contribution in [2.24, 2.45) is 0 Å². The maximum absolute atomic E-state index is 12.0. The Kier molecular flexibility index (Phi) is 3.46. The van der Waals surface area contributed by atoms with Crippen molar-refractivity contribution >= 4 is 11.8 Å². The summed E-state index contributed by atoms with van der Waals surface area (Å²) >= 11 is 0. The van der Waals surface area contributed by atoms with E-state index in [1.54, 1.807) is 11.8 Å². The van der Waals surface area contributed by atoms with Crippen LogP contribution >= 0.6 is 0 Å². The predicted molar refractivity (Wildman–Crippen MR) is 72.8 cm³/mol. The van der Waals surface area contributed by atoms with E-state index in [4.69, 9.17) is 0 Å². The summed E-state index contributed by atoms with van der Waals surface area (Å²) in [4.78, 5) is 25.1. The van der Waals surface area contributed by atoms with Crippen LogP contribution in [0.3, 0.4) is 0 Å². The zero-order chi connectivity index (χ0) is 14.1. The predicted octanol–water partition coefficient (Wildman–Crippen LogP) is 0.845. The van der Waals surface area contributed by atoms with E-state index >= 15 is 0 Å². The third-order valence-electron chi connectivity index (χ3n) is 4.11. The molecule has 0 spiro atoms. The smallest absolute Gasteiger partial charge is 0.245 e. The molecule has 108 valence electrons. The molecule has 2 fully saturated rings. The molecular weight excluding hydrogens is 256 g/mol. The molecule has 1 N–H and O–H groups in total. The Morgan fingerprint density at radius 3 is 2.85 bits per heavy atom. The molecule has 0 bridgehead atoms. The van der Waals surface area contributed by atoms with Gasteiger partial charge in [0, 0.05) is 6.20 Å². The van der Waals surface area contributed by atoms with E-state index in [2.05, 4.69) is 10.4 Å². The number of nitrogens with zero attached hydrogens (tertiary/aromatic N) is 3. The highest BCUT2D eigenvalue weighted by Gasteiger charge is 2.30. The summed E-state index contributed by atoms with van der Waals surface area (Å²) in [6, 6.07) is 2.01. The molecule has 1 atom stereocenters. The van der Waals surface area contributed by atoms with E-state index in [9.17, 15) is 9.59 Å². The van der Waals surface area contributed by atoms with Gasteiger partial charge in [0.2, 0.25) is 11.8 Å². The van der Waals surface area contributed by atoms with Gasteiger partial charge >= 0.3 is 0 Å². The fourth-order valence-electron chi connectivity index (χ4n) is 3.04. The molecule has 6 heteroatoms. The Morgan fingerprint density at radius 2 is 2.10 bits per heavy atom. The number of hydrogen-bond acceptors (Lipinski definition) is 3. The number of amides is 2. The highest BCUT2D eigenvalue weighted by molar-refractivity contribution is 5.94. The Balaban J connectivity index is 1.68. The van der Waals surface area contributed by atoms with Gasteiger partial charge < -0.3 is 10.2 Å². The van der Waals surface area contributed by atoms with E-state index in [1.165, 1.54) is 25.7 Å². The quantitative estimate of drug-likeness (QED) is 0.889. The minimum absolute atomic E-state index is 0.0417. The number of carbonyl (C=O) groups excluding carboxylic acids is 2. The third-order valence-corrected chi connectivity index (χ3v) is 4.11. The monoisotopic (exact) mass is 276 g/mol. The number of carbonyl (C=O) groups is 2. The van der Waals surface area contributed by atoms with Gasteiger partial charge in [-0.25, -0.2) is 0 Å². The van der Waals surface area contributed by atoms with Crippen LogP contribution in [0.4, 0.5) is 0 Å². The topological polar surface area (TPSA) is 67.2 Å². The van der Waals surface area contributed by atoms with Crippen LogP contribution in [-0.4, -0.2) is 39.1 Å². The molecule has 1 aromatic rings. The van der Waals surface area contributed by atoms with Crippen LogP contribution in [0.1, 0.15) is 44.3 Å². The second-order valence-corrected chi connectivity index (χ2v) is 5.71. The van der Waals surface area contributed by atoms with Gasteiger partial charge in [-0.05, 0) is 25.8 Å². The molecule has 3 rings (SSSR count). The average molecular weight is 276 g/mol. The molecule has 2 amide bonds. The van der Waals surface area contributed by atoms with E-state index in [1.807, 2.05) is 16.9 Å². The average Bonchev–Trinajstić information content (AvgIpc) is 3.05. The Labute approximate surface area is 118 Å². The lowest BCUT2D eigenvalue weighted by atomic mass is 10.2. The van der Waals surface area contributed by atoms with Crippen LogP contribution < -0.4 is 5.32 Å². The van der Waals surface area contributed by atoms with Gasteiger partial charge in [-0.1, -0.05) is 12.8 Å². The number of nitrogens with one attached hydrogen (secondary N) is 1. The number of rotatable bonds is 3. The molecule has 2 heterocycles. The van der Waals surface area contributed by atoms with Crippen molar-refractivity contribution in [2.75, 3.05) is 6.54 Å². The number of piperazine rings is 1. The zero-order valence-electron chi connectivity index (χ0n) is 11.7. The summed E-state index contributed by atoms with van der Waals surface area (Å²) in [5, 5.41) is 7.20. The van der Waals surface area contributed by atoms with Crippen molar-refractivity contribution in [3.8, 4) is 0 Å². The molecule has 1 saturated carbocycles. The first-order valence-corrected chi connectivity index (χ1v) is 7.25.